The van der Waals surface area contributed by atoms with Crippen LogP contribution in [0.15, 0.2) is 29.3 Å². The highest BCUT2D eigenvalue weighted by atomic mass is 16.5. The molecule has 2 aliphatic rings. The fourth-order valence-electron chi connectivity index (χ4n) is 3.97. The molecule has 2 aliphatic heterocycles. The molecule has 0 saturated carbocycles. The lowest BCUT2D eigenvalue weighted by Gasteiger charge is -2.35. The van der Waals surface area contributed by atoms with E-state index in [1.54, 1.807) is 7.11 Å². The third-order valence-electron chi connectivity index (χ3n) is 5.62. The Morgan fingerprint density at radius 2 is 2.04 bits per heavy atom. The third kappa shape index (κ3) is 6.11. The van der Waals surface area contributed by atoms with Crippen LogP contribution in [0.4, 0.5) is 0 Å². The second-order valence-electron chi connectivity index (χ2n) is 7.54. The van der Waals surface area contributed by atoms with Gasteiger partial charge >= 0.3 is 0 Å². The number of aliphatic imine (C=N–C) groups is 1. The molecule has 6 heteroatoms. The molecule has 2 saturated heterocycles. The van der Waals surface area contributed by atoms with Crippen molar-refractivity contribution in [1.29, 1.82) is 0 Å². The summed E-state index contributed by atoms with van der Waals surface area (Å²) in [4.78, 5) is 6.80. The Morgan fingerprint density at radius 1 is 1.21 bits per heavy atom. The Balaban J connectivity index is 1.37. The van der Waals surface area contributed by atoms with Crippen LogP contribution >= 0.6 is 0 Å². The quantitative estimate of drug-likeness (QED) is 0.574. The minimum atomic E-state index is 0.302. The van der Waals surface area contributed by atoms with E-state index in [2.05, 4.69) is 27.3 Å². The summed E-state index contributed by atoms with van der Waals surface area (Å²) in [7, 11) is 3.58. The molecule has 28 heavy (non-hydrogen) atoms. The Kier molecular flexibility index (Phi) is 8.42. The van der Waals surface area contributed by atoms with Gasteiger partial charge in [-0.05, 0) is 50.2 Å². The fourth-order valence-corrected chi connectivity index (χ4v) is 3.97. The molecular formula is C22H35N3O3. The van der Waals surface area contributed by atoms with Crippen molar-refractivity contribution in [3.05, 3.63) is 29.8 Å². The first-order valence-electron chi connectivity index (χ1n) is 10.6. The van der Waals surface area contributed by atoms with Gasteiger partial charge in [0.25, 0.3) is 0 Å². The zero-order valence-corrected chi connectivity index (χ0v) is 17.4. The lowest BCUT2D eigenvalue weighted by molar-refractivity contribution is -0.0721. The number of para-hydroxylation sites is 1. The molecule has 2 heterocycles. The van der Waals surface area contributed by atoms with Crippen molar-refractivity contribution in [2.45, 2.75) is 50.7 Å². The molecule has 1 atom stereocenters. The molecular weight excluding hydrogens is 354 g/mol. The van der Waals surface area contributed by atoms with Crippen LogP contribution in [0.25, 0.3) is 0 Å². The molecule has 0 amide bonds. The minimum absolute atomic E-state index is 0.302. The van der Waals surface area contributed by atoms with Crippen molar-refractivity contribution in [2.75, 3.05) is 47.0 Å². The normalized spacial score (nSPS) is 21.6. The molecule has 0 aliphatic carbocycles. The Bertz CT molecular complexity index is 609. The molecule has 1 aromatic carbocycles. The van der Waals surface area contributed by atoms with Crippen LogP contribution in [0.3, 0.4) is 0 Å². The predicted molar refractivity (Wildman–Crippen MR) is 112 cm³/mol. The maximum Gasteiger partial charge on any atom is 0.193 e. The molecule has 3 rings (SSSR count). The monoisotopic (exact) mass is 389 g/mol. The highest BCUT2D eigenvalue weighted by Crippen LogP contribution is 2.19. The fraction of sp³-hybridized carbons (Fsp3) is 0.682. The van der Waals surface area contributed by atoms with Crippen LogP contribution in [0.2, 0.25) is 0 Å². The first kappa shape index (κ1) is 20.9. The summed E-state index contributed by atoms with van der Waals surface area (Å²) in [5.74, 6) is 1.92. The van der Waals surface area contributed by atoms with Gasteiger partial charge in [-0.2, -0.15) is 0 Å². The number of ether oxygens (including phenoxy) is 3. The predicted octanol–water partition coefficient (Wildman–Crippen LogP) is 2.86. The van der Waals surface area contributed by atoms with E-state index in [1.807, 2.05) is 19.2 Å². The summed E-state index contributed by atoms with van der Waals surface area (Å²) >= 11 is 0. The highest BCUT2D eigenvalue weighted by molar-refractivity contribution is 5.80. The Hall–Kier alpha value is -1.79. The molecule has 0 spiro atoms. The van der Waals surface area contributed by atoms with Crippen LogP contribution in [-0.2, 0) is 15.9 Å². The van der Waals surface area contributed by atoms with Crippen LogP contribution in [0.5, 0.6) is 5.75 Å². The van der Waals surface area contributed by atoms with Crippen LogP contribution in [0.1, 0.15) is 37.7 Å². The Morgan fingerprint density at radius 3 is 2.75 bits per heavy atom. The van der Waals surface area contributed by atoms with Gasteiger partial charge in [-0.25, -0.2) is 0 Å². The van der Waals surface area contributed by atoms with E-state index in [4.69, 9.17) is 14.2 Å². The zero-order valence-electron chi connectivity index (χ0n) is 17.4. The van der Waals surface area contributed by atoms with Gasteiger partial charge in [-0.3, -0.25) is 4.99 Å². The third-order valence-corrected chi connectivity index (χ3v) is 5.62. The molecule has 1 N–H and O–H groups in total. The van der Waals surface area contributed by atoms with Crippen LogP contribution in [0, 0.1) is 0 Å². The molecule has 0 radical (unpaired) electrons. The number of guanidine groups is 1. The zero-order chi connectivity index (χ0) is 19.6. The van der Waals surface area contributed by atoms with Crippen molar-refractivity contribution in [1.82, 2.24) is 10.2 Å². The van der Waals surface area contributed by atoms with E-state index in [-0.39, 0.29) is 0 Å². The molecule has 0 bridgehead atoms. The number of nitrogens with one attached hydrogen (secondary N) is 1. The van der Waals surface area contributed by atoms with E-state index in [1.165, 1.54) is 18.4 Å². The maximum absolute atomic E-state index is 6.12. The van der Waals surface area contributed by atoms with E-state index in [0.29, 0.717) is 12.2 Å². The maximum atomic E-state index is 6.12. The van der Waals surface area contributed by atoms with Gasteiger partial charge < -0.3 is 24.4 Å². The number of likely N-dealkylation sites (tertiary alicyclic amines) is 1. The summed E-state index contributed by atoms with van der Waals surface area (Å²) in [6.45, 7) is 4.43. The lowest BCUT2D eigenvalue weighted by atomic mass is 10.1. The first-order valence-corrected chi connectivity index (χ1v) is 10.6. The number of benzene rings is 1. The van der Waals surface area contributed by atoms with Crippen molar-refractivity contribution < 1.29 is 14.2 Å². The van der Waals surface area contributed by atoms with E-state index in [0.717, 1.165) is 70.2 Å². The van der Waals surface area contributed by atoms with Gasteiger partial charge in [0.05, 0.1) is 25.9 Å². The number of rotatable bonds is 7. The second kappa shape index (κ2) is 11.3. The van der Waals surface area contributed by atoms with Gasteiger partial charge in [-0.1, -0.05) is 18.2 Å². The summed E-state index contributed by atoms with van der Waals surface area (Å²) in [5, 5.41) is 3.50. The van der Waals surface area contributed by atoms with Gasteiger partial charge in [0.2, 0.25) is 0 Å². The number of nitrogens with zero attached hydrogens (tertiary/aromatic N) is 2. The second-order valence-corrected chi connectivity index (χ2v) is 7.54. The van der Waals surface area contributed by atoms with E-state index < -0.39 is 0 Å². The minimum Gasteiger partial charge on any atom is -0.496 e. The largest absolute Gasteiger partial charge is 0.496 e. The van der Waals surface area contributed by atoms with Gasteiger partial charge in [-0.15, -0.1) is 0 Å². The van der Waals surface area contributed by atoms with E-state index in [9.17, 15) is 0 Å². The van der Waals surface area contributed by atoms with Gasteiger partial charge in [0.15, 0.2) is 5.96 Å². The SMILES string of the molecule is CN=C(NCCc1ccccc1OC)N1CCC(OCC2CCCCO2)CC1. The number of piperidine rings is 1. The number of methoxy groups -OCH3 is 1. The number of hydrogen-bond acceptors (Lipinski definition) is 4. The Labute approximate surface area is 169 Å². The van der Waals surface area contributed by atoms with E-state index >= 15 is 0 Å². The summed E-state index contributed by atoms with van der Waals surface area (Å²) in [5.41, 5.74) is 1.21. The average molecular weight is 390 g/mol. The molecule has 6 nitrogen and oxygen atoms in total. The summed E-state index contributed by atoms with van der Waals surface area (Å²) < 4.78 is 17.3. The molecule has 1 aromatic rings. The van der Waals surface area contributed by atoms with Gasteiger partial charge in [0, 0.05) is 33.3 Å². The summed E-state index contributed by atoms with van der Waals surface area (Å²) in [6.07, 6.45) is 7.23. The van der Waals surface area contributed by atoms with Crippen molar-refractivity contribution in [3.8, 4) is 5.75 Å². The van der Waals surface area contributed by atoms with Crippen LogP contribution < -0.4 is 10.1 Å². The average Bonchev–Trinajstić information content (AvgIpc) is 2.77. The smallest absolute Gasteiger partial charge is 0.193 e. The highest BCUT2D eigenvalue weighted by Gasteiger charge is 2.23. The lowest BCUT2D eigenvalue weighted by Crippen LogP contribution is -2.47. The topological polar surface area (TPSA) is 55.3 Å². The van der Waals surface area contributed by atoms with Crippen molar-refractivity contribution in [2.24, 2.45) is 4.99 Å². The van der Waals surface area contributed by atoms with Crippen molar-refractivity contribution in [3.63, 3.8) is 0 Å². The first-order chi connectivity index (χ1) is 13.8. The molecule has 2 fully saturated rings. The summed E-state index contributed by atoms with van der Waals surface area (Å²) in [6, 6.07) is 8.17. The van der Waals surface area contributed by atoms with Crippen LogP contribution in [-0.4, -0.2) is 70.1 Å². The molecule has 1 unspecified atom stereocenters. The molecule has 0 aromatic heterocycles. The standard InChI is InChI=1S/C22H35N3O3/c1-23-22(24-13-10-18-7-3-4-9-21(18)26-2)25-14-11-19(12-15-25)28-17-20-8-5-6-16-27-20/h3-4,7,9,19-20H,5-6,8,10-17H2,1-2H3,(H,23,24). The van der Waals surface area contributed by atoms with Gasteiger partial charge in [0.1, 0.15) is 5.75 Å². The number of hydrogen-bond donors (Lipinski definition) is 1. The molecule has 156 valence electrons. The van der Waals surface area contributed by atoms with Crippen molar-refractivity contribution >= 4 is 5.96 Å².